The number of hydrogen-bond acceptors (Lipinski definition) is 2. The number of piperidine rings is 1. The molecule has 2 atom stereocenters. The molecule has 1 saturated carbocycles. The van der Waals surface area contributed by atoms with Gasteiger partial charge in [0.1, 0.15) is 5.78 Å². The molecule has 2 fully saturated rings. The number of carbonyl (C=O) groups is 2. The van der Waals surface area contributed by atoms with Crippen molar-refractivity contribution in [3.8, 4) is 0 Å². The summed E-state index contributed by atoms with van der Waals surface area (Å²) in [6, 6.07) is 0. The first-order valence-corrected chi connectivity index (χ1v) is 4.04. The van der Waals surface area contributed by atoms with Crippen LogP contribution in [0.1, 0.15) is 19.3 Å². The zero-order chi connectivity index (χ0) is 7.84. The summed E-state index contributed by atoms with van der Waals surface area (Å²) in [6.45, 7) is 0.717. The third-order valence-electron chi connectivity index (χ3n) is 2.66. The lowest BCUT2D eigenvalue weighted by molar-refractivity contribution is -0.124. The third-order valence-corrected chi connectivity index (χ3v) is 2.66. The van der Waals surface area contributed by atoms with Gasteiger partial charge < -0.3 is 5.32 Å². The molecule has 1 heterocycles. The highest BCUT2D eigenvalue weighted by Crippen LogP contribution is 2.33. The van der Waals surface area contributed by atoms with Gasteiger partial charge in [-0.1, -0.05) is 0 Å². The standard InChI is InChI=1S/C8H11NO2/c10-7-1-5-3-8(11)9-4-6(5)2-7/h5-6H,1-4H2,(H,9,11)/t5-,6-/m0/s1. The number of rotatable bonds is 0. The summed E-state index contributed by atoms with van der Waals surface area (Å²) in [5.74, 6) is 1.24. The summed E-state index contributed by atoms with van der Waals surface area (Å²) >= 11 is 0. The minimum absolute atomic E-state index is 0.112. The Kier molecular flexibility index (Phi) is 1.44. The fraction of sp³-hybridized carbons (Fsp3) is 0.750. The second-order valence-electron chi connectivity index (χ2n) is 3.48. The van der Waals surface area contributed by atoms with Crippen LogP contribution in [0.2, 0.25) is 0 Å². The minimum atomic E-state index is 0.112. The number of ketones is 1. The molecule has 11 heavy (non-hydrogen) atoms. The van der Waals surface area contributed by atoms with Crippen LogP contribution in [0.3, 0.4) is 0 Å². The van der Waals surface area contributed by atoms with Crippen LogP contribution < -0.4 is 5.32 Å². The van der Waals surface area contributed by atoms with Crippen LogP contribution in [-0.4, -0.2) is 18.2 Å². The fourth-order valence-corrected chi connectivity index (χ4v) is 2.03. The smallest absolute Gasteiger partial charge is 0.220 e. The second-order valence-corrected chi connectivity index (χ2v) is 3.48. The van der Waals surface area contributed by atoms with Gasteiger partial charge in [0.05, 0.1) is 0 Å². The normalized spacial score (nSPS) is 36.7. The van der Waals surface area contributed by atoms with E-state index in [9.17, 15) is 9.59 Å². The lowest BCUT2D eigenvalue weighted by atomic mass is 9.89. The fourth-order valence-electron chi connectivity index (χ4n) is 2.03. The van der Waals surface area contributed by atoms with Crippen LogP contribution in [-0.2, 0) is 9.59 Å². The van der Waals surface area contributed by atoms with Crippen molar-refractivity contribution >= 4 is 11.7 Å². The van der Waals surface area contributed by atoms with Crippen molar-refractivity contribution in [3.05, 3.63) is 0 Å². The van der Waals surface area contributed by atoms with Gasteiger partial charge in [-0.15, -0.1) is 0 Å². The van der Waals surface area contributed by atoms with E-state index >= 15 is 0 Å². The van der Waals surface area contributed by atoms with Gasteiger partial charge in [-0.05, 0) is 11.8 Å². The van der Waals surface area contributed by atoms with Crippen molar-refractivity contribution in [2.24, 2.45) is 11.8 Å². The average molecular weight is 153 g/mol. The predicted octanol–water partition coefficient (Wildman–Crippen LogP) is 0.102. The van der Waals surface area contributed by atoms with Gasteiger partial charge in [0, 0.05) is 25.8 Å². The Balaban J connectivity index is 2.08. The van der Waals surface area contributed by atoms with E-state index in [1.54, 1.807) is 0 Å². The van der Waals surface area contributed by atoms with Crippen LogP contribution in [0.4, 0.5) is 0 Å². The molecule has 2 aliphatic rings. The van der Waals surface area contributed by atoms with E-state index in [1.807, 2.05) is 0 Å². The summed E-state index contributed by atoms with van der Waals surface area (Å²) in [4.78, 5) is 21.9. The molecule has 1 N–H and O–H groups in total. The Hall–Kier alpha value is -0.860. The molecule has 1 amide bonds. The second kappa shape index (κ2) is 2.32. The van der Waals surface area contributed by atoms with Gasteiger partial charge in [0.25, 0.3) is 0 Å². The van der Waals surface area contributed by atoms with Crippen molar-refractivity contribution in [2.45, 2.75) is 19.3 Å². The maximum absolute atomic E-state index is 11.0. The number of fused-ring (bicyclic) bond motifs is 1. The molecule has 60 valence electrons. The number of Topliss-reactive ketones (excluding diaryl/α,β-unsaturated/α-hetero) is 1. The lowest BCUT2D eigenvalue weighted by Crippen LogP contribution is -2.38. The molecule has 0 spiro atoms. The van der Waals surface area contributed by atoms with E-state index in [1.165, 1.54) is 0 Å². The van der Waals surface area contributed by atoms with E-state index in [4.69, 9.17) is 0 Å². The quantitative estimate of drug-likeness (QED) is 0.536. The molecule has 2 rings (SSSR count). The summed E-state index contributed by atoms with van der Waals surface area (Å²) in [6.07, 6.45) is 1.89. The Morgan fingerprint density at radius 3 is 2.64 bits per heavy atom. The Labute approximate surface area is 65.2 Å². The molecule has 1 saturated heterocycles. The highest BCUT2D eigenvalue weighted by atomic mass is 16.1. The van der Waals surface area contributed by atoms with E-state index in [-0.39, 0.29) is 5.91 Å². The molecule has 3 heteroatoms. The van der Waals surface area contributed by atoms with Gasteiger partial charge in [0.2, 0.25) is 5.91 Å². The third kappa shape index (κ3) is 1.15. The van der Waals surface area contributed by atoms with Crippen LogP contribution in [0.15, 0.2) is 0 Å². The van der Waals surface area contributed by atoms with Gasteiger partial charge in [-0.2, -0.15) is 0 Å². The first kappa shape index (κ1) is 6.83. The van der Waals surface area contributed by atoms with Gasteiger partial charge in [-0.3, -0.25) is 9.59 Å². The molecular weight excluding hydrogens is 142 g/mol. The van der Waals surface area contributed by atoms with Crippen molar-refractivity contribution < 1.29 is 9.59 Å². The van der Waals surface area contributed by atoms with Crippen LogP contribution in [0.25, 0.3) is 0 Å². The maximum atomic E-state index is 11.0. The van der Waals surface area contributed by atoms with Crippen molar-refractivity contribution in [1.82, 2.24) is 5.32 Å². The molecule has 1 aliphatic carbocycles. The zero-order valence-electron chi connectivity index (χ0n) is 6.30. The highest BCUT2D eigenvalue weighted by molar-refractivity contribution is 5.84. The Morgan fingerprint density at radius 1 is 1.09 bits per heavy atom. The summed E-state index contributed by atoms with van der Waals surface area (Å²) in [5, 5.41) is 2.78. The van der Waals surface area contributed by atoms with Crippen LogP contribution in [0.5, 0.6) is 0 Å². The summed E-state index contributed by atoms with van der Waals surface area (Å²) in [5.41, 5.74) is 0. The average Bonchev–Trinajstić information content (AvgIpc) is 2.27. The topological polar surface area (TPSA) is 46.2 Å². The molecule has 0 aromatic heterocycles. The van der Waals surface area contributed by atoms with Gasteiger partial charge in [0.15, 0.2) is 0 Å². The first-order chi connectivity index (χ1) is 5.25. The van der Waals surface area contributed by atoms with Crippen molar-refractivity contribution in [3.63, 3.8) is 0 Å². The SMILES string of the molecule is O=C1C[C@H]2CNC(=O)C[C@@H]2C1. The molecular formula is C8H11NO2. The van der Waals surface area contributed by atoms with Crippen molar-refractivity contribution in [1.29, 1.82) is 0 Å². The summed E-state index contributed by atoms with van der Waals surface area (Å²) < 4.78 is 0. The van der Waals surface area contributed by atoms with E-state index in [0.29, 0.717) is 36.9 Å². The van der Waals surface area contributed by atoms with E-state index < -0.39 is 0 Å². The van der Waals surface area contributed by atoms with E-state index in [0.717, 1.165) is 6.54 Å². The molecule has 0 unspecified atom stereocenters. The van der Waals surface area contributed by atoms with Crippen LogP contribution >= 0.6 is 0 Å². The molecule has 1 aliphatic heterocycles. The largest absolute Gasteiger partial charge is 0.356 e. The molecule has 0 aromatic carbocycles. The maximum Gasteiger partial charge on any atom is 0.220 e. The zero-order valence-corrected chi connectivity index (χ0v) is 6.30. The predicted molar refractivity (Wildman–Crippen MR) is 38.8 cm³/mol. The molecule has 0 bridgehead atoms. The number of nitrogens with one attached hydrogen (secondary N) is 1. The molecule has 0 aromatic rings. The monoisotopic (exact) mass is 153 g/mol. The lowest BCUT2D eigenvalue weighted by Gasteiger charge is -2.24. The Bertz CT molecular complexity index is 210. The molecule has 0 radical (unpaired) electrons. The van der Waals surface area contributed by atoms with Gasteiger partial charge >= 0.3 is 0 Å². The first-order valence-electron chi connectivity index (χ1n) is 4.04. The minimum Gasteiger partial charge on any atom is -0.356 e. The highest BCUT2D eigenvalue weighted by Gasteiger charge is 2.36. The van der Waals surface area contributed by atoms with Crippen molar-refractivity contribution in [2.75, 3.05) is 6.54 Å². The summed E-state index contributed by atoms with van der Waals surface area (Å²) in [7, 11) is 0. The molecule has 3 nitrogen and oxygen atoms in total. The van der Waals surface area contributed by atoms with E-state index in [2.05, 4.69) is 5.32 Å². The van der Waals surface area contributed by atoms with Crippen LogP contribution in [0, 0.1) is 11.8 Å². The Morgan fingerprint density at radius 2 is 1.82 bits per heavy atom. The van der Waals surface area contributed by atoms with Gasteiger partial charge in [-0.25, -0.2) is 0 Å². The number of carbonyl (C=O) groups excluding carboxylic acids is 2. The number of amides is 1. The number of hydrogen-bond donors (Lipinski definition) is 1.